The summed E-state index contributed by atoms with van der Waals surface area (Å²) >= 11 is 5.90. The highest BCUT2D eigenvalue weighted by Gasteiger charge is 2.15. The van der Waals surface area contributed by atoms with E-state index in [-0.39, 0.29) is 11.1 Å². The van der Waals surface area contributed by atoms with Crippen LogP contribution in [0.15, 0.2) is 36.8 Å². The summed E-state index contributed by atoms with van der Waals surface area (Å²) in [5.41, 5.74) is 3.98. The number of nitrogens with two attached hydrogens (primary N) is 1. The van der Waals surface area contributed by atoms with Crippen molar-refractivity contribution in [2.45, 2.75) is 12.5 Å². The number of aromatic nitrogens is 2. The van der Waals surface area contributed by atoms with Gasteiger partial charge in [-0.2, -0.15) is 0 Å². The first-order chi connectivity index (χ1) is 8.72. The van der Waals surface area contributed by atoms with E-state index in [9.17, 15) is 4.39 Å². The predicted molar refractivity (Wildman–Crippen MR) is 67.2 cm³/mol. The summed E-state index contributed by atoms with van der Waals surface area (Å²) in [6.45, 7) is 0. The number of nitrogens with one attached hydrogen (secondary N) is 1. The Hall–Kier alpha value is -1.56. The number of hydrogen-bond acceptors (Lipinski definition) is 4. The lowest BCUT2D eigenvalue weighted by atomic mass is 10.0. The maximum Gasteiger partial charge on any atom is 0.142 e. The van der Waals surface area contributed by atoms with E-state index in [1.54, 1.807) is 30.7 Å². The van der Waals surface area contributed by atoms with Crippen LogP contribution < -0.4 is 11.3 Å². The molecule has 0 fully saturated rings. The molecule has 4 nitrogen and oxygen atoms in total. The molecule has 0 spiro atoms. The van der Waals surface area contributed by atoms with Gasteiger partial charge in [0.1, 0.15) is 5.82 Å². The summed E-state index contributed by atoms with van der Waals surface area (Å²) in [4.78, 5) is 8.13. The van der Waals surface area contributed by atoms with Gasteiger partial charge in [0.2, 0.25) is 0 Å². The molecule has 0 saturated heterocycles. The summed E-state index contributed by atoms with van der Waals surface area (Å²) in [7, 11) is 0. The molecular formula is C12H12ClFN4. The fourth-order valence-electron chi connectivity index (χ4n) is 1.67. The maximum atomic E-state index is 13.3. The largest absolute Gasteiger partial charge is 0.271 e. The van der Waals surface area contributed by atoms with Gasteiger partial charge in [0.15, 0.2) is 0 Å². The zero-order valence-electron chi connectivity index (χ0n) is 9.48. The molecule has 18 heavy (non-hydrogen) atoms. The van der Waals surface area contributed by atoms with Crippen LogP contribution in [0.4, 0.5) is 4.39 Å². The lowest BCUT2D eigenvalue weighted by Gasteiger charge is -2.15. The Morgan fingerprint density at radius 3 is 2.89 bits per heavy atom. The minimum atomic E-state index is -0.441. The van der Waals surface area contributed by atoms with E-state index in [2.05, 4.69) is 15.4 Å². The van der Waals surface area contributed by atoms with Gasteiger partial charge in [-0.25, -0.2) is 4.39 Å². The number of nitrogens with zero attached hydrogens (tertiary/aromatic N) is 2. The van der Waals surface area contributed by atoms with Gasteiger partial charge in [0.25, 0.3) is 0 Å². The summed E-state index contributed by atoms with van der Waals surface area (Å²) in [6.07, 6.45) is 5.20. The van der Waals surface area contributed by atoms with Crippen molar-refractivity contribution in [2.75, 3.05) is 0 Å². The molecule has 3 N–H and O–H groups in total. The van der Waals surface area contributed by atoms with Crippen LogP contribution >= 0.6 is 11.6 Å². The van der Waals surface area contributed by atoms with Gasteiger partial charge in [-0.15, -0.1) is 0 Å². The monoisotopic (exact) mass is 266 g/mol. The van der Waals surface area contributed by atoms with Crippen LogP contribution in [0, 0.1) is 5.82 Å². The highest BCUT2D eigenvalue weighted by atomic mass is 35.5. The van der Waals surface area contributed by atoms with Crippen molar-refractivity contribution in [3.63, 3.8) is 0 Å². The van der Waals surface area contributed by atoms with E-state index in [0.29, 0.717) is 17.7 Å². The highest BCUT2D eigenvalue weighted by molar-refractivity contribution is 6.31. The van der Waals surface area contributed by atoms with Crippen molar-refractivity contribution in [3.8, 4) is 0 Å². The lowest BCUT2D eigenvalue weighted by Crippen LogP contribution is -2.30. The molecule has 0 saturated carbocycles. The van der Waals surface area contributed by atoms with Crippen LogP contribution in [0.5, 0.6) is 0 Å². The standard InChI is InChI=1S/C12H12ClFN4/c13-12-8(2-1-3-9(12)14)6-10(18-15)11-7-16-4-5-17-11/h1-5,7,10,18H,6,15H2. The maximum absolute atomic E-state index is 13.3. The molecular weight excluding hydrogens is 255 g/mol. The van der Waals surface area contributed by atoms with E-state index in [1.165, 1.54) is 6.07 Å². The van der Waals surface area contributed by atoms with Crippen LogP contribution in [0.25, 0.3) is 0 Å². The molecule has 0 aliphatic carbocycles. The van der Waals surface area contributed by atoms with Crippen molar-refractivity contribution in [2.24, 2.45) is 5.84 Å². The minimum Gasteiger partial charge on any atom is -0.271 e. The highest BCUT2D eigenvalue weighted by Crippen LogP contribution is 2.24. The molecule has 0 amide bonds. The molecule has 0 bridgehead atoms. The second kappa shape index (κ2) is 5.86. The fraction of sp³-hybridized carbons (Fsp3) is 0.167. The van der Waals surface area contributed by atoms with Crippen LogP contribution in [-0.2, 0) is 6.42 Å². The summed E-state index contributed by atoms with van der Waals surface area (Å²) < 4.78 is 13.3. The second-order valence-corrected chi connectivity index (χ2v) is 4.14. The van der Waals surface area contributed by atoms with E-state index in [4.69, 9.17) is 17.4 Å². The third-order valence-electron chi connectivity index (χ3n) is 2.60. The molecule has 2 aromatic rings. The summed E-state index contributed by atoms with van der Waals surface area (Å²) in [5, 5.41) is 0.113. The van der Waals surface area contributed by atoms with Gasteiger partial charge < -0.3 is 0 Å². The molecule has 1 aromatic carbocycles. The van der Waals surface area contributed by atoms with Crippen molar-refractivity contribution >= 4 is 11.6 Å². The van der Waals surface area contributed by atoms with Crippen molar-refractivity contribution in [1.82, 2.24) is 15.4 Å². The Kier molecular flexibility index (Phi) is 4.19. The molecule has 0 aliphatic rings. The van der Waals surface area contributed by atoms with Crippen LogP contribution in [0.1, 0.15) is 17.3 Å². The van der Waals surface area contributed by atoms with E-state index in [0.717, 1.165) is 0 Å². The second-order valence-electron chi connectivity index (χ2n) is 3.77. The quantitative estimate of drug-likeness (QED) is 0.656. The number of hydrazine groups is 1. The third kappa shape index (κ3) is 2.81. The van der Waals surface area contributed by atoms with Gasteiger partial charge in [-0.05, 0) is 18.1 Å². The number of benzene rings is 1. The van der Waals surface area contributed by atoms with Crippen LogP contribution in [0.2, 0.25) is 5.02 Å². The Balaban J connectivity index is 2.24. The van der Waals surface area contributed by atoms with Gasteiger partial charge in [-0.1, -0.05) is 23.7 Å². The Morgan fingerprint density at radius 1 is 1.39 bits per heavy atom. The minimum absolute atomic E-state index is 0.113. The molecule has 2 rings (SSSR count). The number of hydrogen-bond donors (Lipinski definition) is 2. The zero-order chi connectivity index (χ0) is 13.0. The van der Waals surface area contributed by atoms with Crippen LogP contribution in [-0.4, -0.2) is 9.97 Å². The smallest absolute Gasteiger partial charge is 0.142 e. The van der Waals surface area contributed by atoms with Crippen molar-refractivity contribution in [3.05, 3.63) is 58.9 Å². The predicted octanol–water partition coefficient (Wildman–Crippen LogP) is 2.02. The van der Waals surface area contributed by atoms with Gasteiger partial charge in [0, 0.05) is 12.4 Å². The molecule has 1 aromatic heterocycles. The van der Waals surface area contributed by atoms with Crippen molar-refractivity contribution < 1.29 is 4.39 Å². The van der Waals surface area contributed by atoms with Crippen LogP contribution in [0.3, 0.4) is 0 Å². The summed E-state index contributed by atoms with van der Waals surface area (Å²) in [6, 6.07) is 4.42. The molecule has 6 heteroatoms. The zero-order valence-corrected chi connectivity index (χ0v) is 10.2. The molecule has 0 aliphatic heterocycles. The van der Waals surface area contributed by atoms with Gasteiger partial charge >= 0.3 is 0 Å². The molecule has 1 heterocycles. The van der Waals surface area contributed by atoms with E-state index in [1.807, 2.05) is 0 Å². The molecule has 0 radical (unpaired) electrons. The number of rotatable bonds is 4. The van der Waals surface area contributed by atoms with Crippen molar-refractivity contribution in [1.29, 1.82) is 0 Å². The first-order valence-electron chi connectivity index (χ1n) is 5.37. The normalized spacial score (nSPS) is 12.4. The van der Waals surface area contributed by atoms with E-state index < -0.39 is 5.82 Å². The topological polar surface area (TPSA) is 63.8 Å². The Morgan fingerprint density at radius 2 is 2.22 bits per heavy atom. The average molecular weight is 267 g/mol. The molecule has 1 unspecified atom stereocenters. The lowest BCUT2D eigenvalue weighted by molar-refractivity contribution is 0.533. The average Bonchev–Trinajstić information content (AvgIpc) is 2.41. The van der Waals surface area contributed by atoms with Gasteiger partial charge in [-0.3, -0.25) is 21.2 Å². The van der Waals surface area contributed by atoms with Gasteiger partial charge in [0.05, 0.1) is 23.0 Å². The Bertz CT molecular complexity index is 521. The summed E-state index contributed by atoms with van der Waals surface area (Å²) in [5.74, 6) is 5.05. The number of halogens is 2. The SMILES string of the molecule is NNC(Cc1cccc(F)c1Cl)c1cnccn1. The third-order valence-corrected chi connectivity index (χ3v) is 3.02. The first-order valence-corrected chi connectivity index (χ1v) is 5.75. The Labute approximate surface area is 109 Å². The fourth-order valence-corrected chi connectivity index (χ4v) is 1.87. The molecule has 94 valence electrons. The molecule has 1 atom stereocenters. The van der Waals surface area contributed by atoms with E-state index >= 15 is 0 Å². The first kappa shape index (κ1) is 12.9.